The Balaban J connectivity index is 2.55. The summed E-state index contributed by atoms with van der Waals surface area (Å²) in [4.78, 5) is 12.4. The predicted molar refractivity (Wildman–Crippen MR) is 67.2 cm³/mol. The summed E-state index contributed by atoms with van der Waals surface area (Å²) in [6, 6.07) is 0. The third-order valence-electron chi connectivity index (χ3n) is 2.21. The third-order valence-corrected chi connectivity index (χ3v) is 4.05. The van der Waals surface area contributed by atoms with Crippen LogP contribution in [0.5, 0.6) is 0 Å². The lowest BCUT2D eigenvalue weighted by Gasteiger charge is -1.99. The minimum atomic E-state index is -2.99. The van der Waals surface area contributed by atoms with Crippen LogP contribution in [0.3, 0.4) is 0 Å². The van der Waals surface area contributed by atoms with E-state index >= 15 is 0 Å². The van der Waals surface area contributed by atoms with Gasteiger partial charge in [-0.1, -0.05) is 17.8 Å². The molecule has 0 saturated heterocycles. The van der Waals surface area contributed by atoms with Gasteiger partial charge in [0, 0.05) is 12.7 Å². The van der Waals surface area contributed by atoms with E-state index in [4.69, 9.17) is 0 Å². The summed E-state index contributed by atoms with van der Waals surface area (Å²) in [5.41, 5.74) is 0.738. The molecule has 0 spiro atoms. The maximum atomic E-state index is 11.8. The van der Waals surface area contributed by atoms with E-state index in [9.17, 15) is 13.2 Å². The molecule has 0 unspecified atom stereocenters. The average molecular weight is 276 g/mol. The molecule has 1 rings (SSSR count). The van der Waals surface area contributed by atoms with E-state index in [1.54, 1.807) is 0 Å². The number of Topliss-reactive ketones (excluding diaryl/α,β-unsaturated/α-hetero) is 1. The first-order valence-corrected chi connectivity index (χ1v) is 8.29. The van der Waals surface area contributed by atoms with Crippen LogP contribution >= 0.6 is 11.5 Å². The van der Waals surface area contributed by atoms with Gasteiger partial charge >= 0.3 is 0 Å². The number of sulfone groups is 1. The van der Waals surface area contributed by atoms with Gasteiger partial charge in [0.1, 0.15) is 14.7 Å². The van der Waals surface area contributed by atoms with Crippen molar-refractivity contribution >= 4 is 27.2 Å². The minimum absolute atomic E-state index is 0.0490. The number of hydrogen-bond donors (Lipinski definition) is 0. The topological polar surface area (TPSA) is 77.0 Å². The zero-order chi connectivity index (χ0) is 12.9. The number of aromatic nitrogens is 2. The van der Waals surface area contributed by atoms with Gasteiger partial charge < -0.3 is 0 Å². The van der Waals surface area contributed by atoms with Gasteiger partial charge in [-0.3, -0.25) is 4.79 Å². The summed E-state index contributed by atoms with van der Waals surface area (Å²) in [7, 11) is -2.99. The van der Waals surface area contributed by atoms with E-state index in [-0.39, 0.29) is 18.0 Å². The molecule has 1 heterocycles. The van der Waals surface area contributed by atoms with E-state index in [2.05, 4.69) is 9.59 Å². The van der Waals surface area contributed by atoms with Gasteiger partial charge in [-0.05, 0) is 24.4 Å². The van der Waals surface area contributed by atoms with Crippen molar-refractivity contribution < 1.29 is 13.2 Å². The zero-order valence-corrected chi connectivity index (χ0v) is 11.6. The lowest BCUT2D eigenvalue weighted by Crippen LogP contribution is -2.07. The number of carbonyl (C=O) groups is 1. The number of carbonyl (C=O) groups excluding carboxylic acids is 1. The molecule has 0 fully saturated rings. The van der Waals surface area contributed by atoms with E-state index in [0.29, 0.717) is 11.3 Å². The quantitative estimate of drug-likeness (QED) is 0.705. The van der Waals surface area contributed by atoms with Crippen molar-refractivity contribution in [1.29, 1.82) is 0 Å². The van der Waals surface area contributed by atoms with E-state index in [1.807, 2.05) is 6.92 Å². The Labute approximate surface area is 105 Å². The number of rotatable bonds is 7. The smallest absolute Gasteiger partial charge is 0.176 e. The monoisotopic (exact) mass is 276 g/mol. The zero-order valence-electron chi connectivity index (χ0n) is 9.97. The van der Waals surface area contributed by atoms with Crippen LogP contribution in [0, 0.1) is 0 Å². The van der Waals surface area contributed by atoms with Gasteiger partial charge in [0.05, 0.1) is 11.4 Å². The molecular weight excluding hydrogens is 260 g/mol. The highest BCUT2D eigenvalue weighted by molar-refractivity contribution is 7.90. The molecule has 0 aromatic carbocycles. The summed E-state index contributed by atoms with van der Waals surface area (Å²) >= 11 is 1.10. The lowest BCUT2D eigenvalue weighted by molar-refractivity contribution is 0.0985. The van der Waals surface area contributed by atoms with Crippen molar-refractivity contribution in [2.75, 3.05) is 12.0 Å². The Morgan fingerprint density at radius 3 is 2.71 bits per heavy atom. The fourth-order valence-electron chi connectivity index (χ4n) is 1.43. The van der Waals surface area contributed by atoms with Crippen molar-refractivity contribution in [1.82, 2.24) is 9.59 Å². The van der Waals surface area contributed by atoms with Crippen LogP contribution in [-0.4, -0.2) is 35.8 Å². The van der Waals surface area contributed by atoms with Gasteiger partial charge in [0.2, 0.25) is 0 Å². The number of nitrogens with zero attached hydrogens (tertiary/aromatic N) is 2. The number of ketones is 1. The molecule has 1 aromatic rings. The molecule has 0 saturated carbocycles. The van der Waals surface area contributed by atoms with E-state index in [0.717, 1.165) is 30.1 Å². The summed E-state index contributed by atoms with van der Waals surface area (Å²) < 4.78 is 25.6. The van der Waals surface area contributed by atoms with Gasteiger partial charge in [0.15, 0.2) is 5.78 Å². The number of aryl methyl sites for hydroxylation is 1. The molecule has 0 radical (unpaired) electrons. The SMILES string of the molecule is CCCc1nnsc1C(=O)CCCS(C)(=O)=O. The van der Waals surface area contributed by atoms with Crippen molar-refractivity contribution in [2.24, 2.45) is 0 Å². The molecule has 17 heavy (non-hydrogen) atoms. The first-order valence-electron chi connectivity index (χ1n) is 5.46. The Bertz CT molecular complexity index is 479. The molecule has 5 nitrogen and oxygen atoms in total. The van der Waals surface area contributed by atoms with E-state index in [1.165, 1.54) is 6.26 Å². The van der Waals surface area contributed by atoms with Gasteiger partial charge in [-0.15, -0.1) is 5.10 Å². The lowest BCUT2D eigenvalue weighted by atomic mass is 10.1. The van der Waals surface area contributed by atoms with Crippen LogP contribution in [0.15, 0.2) is 0 Å². The van der Waals surface area contributed by atoms with Crippen LogP contribution in [0.2, 0.25) is 0 Å². The molecule has 0 aliphatic rings. The van der Waals surface area contributed by atoms with Crippen LogP contribution < -0.4 is 0 Å². The highest BCUT2D eigenvalue weighted by Gasteiger charge is 2.15. The molecule has 96 valence electrons. The largest absolute Gasteiger partial charge is 0.293 e. The van der Waals surface area contributed by atoms with Crippen LogP contribution in [0.4, 0.5) is 0 Å². The first kappa shape index (κ1) is 14.2. The fourth-order valence-corrected chi connectivity index (χ4v) is 2.77. The summed E-state index contributed by atoms with van der Waals surface area (Å²) in [6.07, 6.45) is 3.43. The van der Waals surface area contributed by atoms with Crippen molar-refractivity contribution in [3.63, 3.8) is 0 Å². The standard InChI is InChI=1S/C10H16N2O3S2/c1-3-5-8-10(16-12-11-8)9(13)6-4-7-17(2,14)15/h3-7H2,1-2H3. The molecule has 0 aliphatic heterocycles. The van der Waals surface area contributed by atoms with Crippen molar-refractivity contribution in [3.05, 3.63) is 10.6 Å². The Morgan fingerprint density at radius 1 is 1.41 bits per heavy atom. The summed E-state index contributed by atoms with van der Waals surface area (Å²) in [6.45, 7) is 2.01. The first-order chi connectivity index (χ1) is 7.94. The molecule has 0 bridgehead atoms. The van der Waals surface area contributed by atoms with Crippen molar-refractivity contribution in [3.8, 4) is 0 Å². The Hall–Kier alpha value is -0.820. The summed E-state index contributed by atoms with van der Waals surface area (Å²) in [5.74, 6) is 0.000705. The van der Waals surface area contributed by atoms with Gasteiger partial charge in [0.25, 0.3) is 0 Å². The van der Waals surface area contributed by atoms with Gasteiger partial charge in [-0.25, -0.2) is 8.42 Å². The van der Waals surface area contributed by atoms with E-state index < -0.39 is 9.84 Å². The minimum Gasteiger partial charge on any atom is -0.293 e. The molecule has 0 N–H and O–H groups in total. The second-order valence-electron chi connectivity index (χ2n) is 3.96. The molecule has 0 aliphatic carbocycles. The van der Waals surface area contributed by atoms with Crippen molar-refractivity contribution in [2.45, 2.75) is 32.6 Å². The Kier molecular flexibility index (Phi) is 5.20. The maximum Gasteiger partial charge on any atom is 0.176 e. The highest BCUT2D eigenvalue weighted by atomic mass is 32.2. The van der Waals surface area contributed by atoms with Crippen LogP contribution in [-0.2, 0) is 16.3 Å². The molecular formula is C10H16N2O3S2. The average Bonchev–Trinajstić information content (AvgIpc) is 2.64. The predicted octanol–water partition coefficient (Wildman–Crippen LogP) is 1.50. The summed E-state index contributed by atoms with van der Waals surface area (Å²) in [5, 5.41) is 3.91. The molecule has 0 amide bonds. The fraction of sp³-hybridized carbons (Fsp3) is 0.700. The molecule has 7 heteroatoms. The molecule has 1 aromatic heterocycles. The Morgan fingerprint density at radius 2 is 2.12 bits per heavy atom. The van der Waals surface area contributed by atoms with Crippen LogP contribution in [0.1, 0.15) is 41.6 Å². The van der Waals surface area contributed by atoms with Gasteiger partial charge in [-0.2, -0.15) is 0 Å². The highest BCUT2D eigenvalue weighted by Crippen LogP contribution is 2.15. The number of hydrogen-bond acceptors (Lipinski definition) is 6. The second-order valence-corrected chi connectivity index (χ2v) is 6.97. The third kappa shape index (κ3) is 4.91. The maximum absolute atomic E-state index is 11.8. The normalized spacial score (nSPS) is 11.6. The molecule has 0 atom stereocenters. The van der Waals surface area contributed by atoms with Crippen LogP contribution in [0.25, 0.3) is 0 Å². The second kappa shape index (κ2) is 6.20.